The van der Waals surface area contributed by atoms with Crippen LogP contribution in [-0.2, 0) is 14.6 Å². The number of benzene rings is 1. The molecule has 0 aliphatic rings. The number of sulfonamides is 1. The monoisotopic (exact) mass is 379 g/mol. The highest BCUT2D eigenvalue weighted by molar-refractivity contribution is 7.89. The van der Waals surface area contributed by atoms with Gasteiger partial charge >= 0.3 is 0 Å². The fourth-order valence-corrected chi connectivity index (χ4v) is 4.40. The van der Waals surface area contributed by atoms with Crippen molar-refractivity contribution < 1.29 is 12.9 Å². The Balaban J connectivity index is 3.23. The Morgan fingerprint density at radius 2 is 1.76 bits per heavy atom. The molecule has 0 aliphatic heterocycles. The third kappa shape index (κ3) is 5.82. The Morgan fingerprint density at radius 1 is 1.20 bits per heavy atom. The predicted octanol–water partition coefficient (Wildman–Crippen LogP) is 4.50. The van der Waals surface area contributed by atoms with Crippen LogP contribution in [0, 0.1) is 18.8 Å². The van der Waals surface area contributed by atoms with Crippen molar-refractivity contribution in [3.63, 3.8) is 0 Å². The smallest absolute Gasteiger partial charge is 0.264 e. The van der Waals surface area contributed by atoms with Crippen molar-refractivity contribution in [3.05, 3.63) is 42.5 Å². The maximum Gasteiger partial charge on any atom is 0.264 e. The molecular formula is C19H29NO3SSi. The van der Waals surface area contributed by atoms with Gasteiger partial charge in [-0.1, -0.05) is 60.9 Å². The van der Waals surface area contributed by atoms with Gasteiger partial charge in [0.2, 0.25) is 8.32 Å². The van der Waals surface area contributed by atoms with Gasteiger partial charge in [-0.3, -0.25) is 0 Å². The molecule has 0 aliphatic carbocycles. The Labute approximate surface area is 154 Å². The van der Waals surface area contributed by atoms with E-state index in [-0.39, 0.29) is 16.5 Å². The van der Waals surface area contributed by atoms with Gasteiger partial charge < -0.3 is 4.53 Å². The first-order chi connectivity index (χ1) is 11.4. The van der Waals surface area contributed by atoms with E-state index < -0.39 is 18.3 Å². The Morgan fingerprint density at radius 3 is 2.24 bits per heavy atom. The van der Waals surface area contributed by atoms with Crippen LogP contribution in [0.5, 0.6) is 0 Å². The number of nitrogens with zero attached hydrogens (tertiary/aromatic N) is 1. The largest absolute Gasteiger partial charge is 0.328 e. The minimum absolute atomic E-state index is 0.00341. The average molecular weight is 380 g/mol. The fraction of sp³-hybridized carbons (Fsp3) is 0.474. The molecule has 1 rings (SSSR count). The fourth-order valence-electron chi connectivity index (χ4n) is 1.65. The first-order valence-corrected chi connectivity index (χ1v) is 12.6. The summed E-state index contributed by atoms with van der Waals surface area (Å²) in [4.78, 5) is 0.210. The molecular weight excluding hydrogens is 350 g/mol. The molecule has 0 unspecified atom stereocenters. The van der Waals surface area contributed by atoms with E-state index in [0.29, 0.717) is 6.42 Å². The van der Waals surface area contributed by atoms with Crippen LogP contribution in [0.1, 0.15) is 32.8 Å². The van der Waals surface area contributed by atoms with Crippen LogP contribution in [0.25, 0.3) is 0 Å². The van der Waals surface area contributed by atoms with Crippen molar-refractivity contribution in [3.8, 4) is 11.8 Å². The van der Waals surface area contributed by atoms with Crippen LogP contribution in [0.2, 0.25) is 18.1 Å². The molecule has 0 radical (unpaired) electrons. The average Bonchev–Trinajstić information content (AvgIpc) is 2.49. The molecule has 6 heteroatoms. The zero-order valence-electron chi connectivity index (χ0n) is 16.1. The molecule has 0 N–H and O–H groups in total. The summed E-state index contributed by atoms with van der Waals surface area (Å²) in [6, 6.07) is 6.76. The third-order valence-corrected chi connectivity index (χ3v) is 10.3. The summed E-state index contributed by atoms with van der Waals surface area (Å²) >= 11 is 0. The van der Waals surface area contributed by atoms with Gasteiger partial charge in [-0.15, -0.1) is 6.58 Å². The van der Waals surface area contributed by atoms with E-state index in [4.69, 9.17) is 4.53 Å². The molecule has 25 heavy (non-hydrogen) atoms. The van der Waals surface area contributed by atoms with Crippen LogP contribution >= 0.6 is 0 Å². The number of allylic oxidation sites excluding steroid dienone is 1. The highest BCUT2D eigenvalue weighted by Gasteiger charge is 2.42. The quantitative estimate of drug-likeness (QED) is 0.316. The van der Waals surface area contributed by atoms with Crippen molar-refractivity contribution in [1.82, 2.24) is 4.47 Å². The van der Waals surface area contributed by atoms with E-state index in [1.807, 2.05) is 20.0 Å². The molecule has 0 spiro atoms. The molecule has 1 aromatic carbocycles. The lowest BCUT2D eigenvalue weighted by molar-refractivity contribution is 0.0322. The Hall–Kier alpha value is -1.39. The van der Waals surface area contributed by atoms with Crippen LogP contribution < -0.4 is 0 Å². The van der Waals surface area contributed by atoms with Gasteiger partial charge in [0, 0.05) is 6.42 Å². The lowest BCUT2D eigenvalue weighted by Gasteiger charge is -2.38. The first-order valence-electron chi connectivity index (χ1n) is 8.27. The molecule has 0 amide bonds. The number of rotatable bonds is 6. The van der Waals surface area contributed by atoms with E-state index in [1.165, 1.54) is 0 Å². The zero-order chi connectivity index (χ0) is 19.3. The molecule has 138 valence electrons. The summed E-state index contributed by atoms with van der Waals surface area (Å²) in [6.45, 7) is 15.8. The second-order valence-corrected chi connectivity index (χ2v) is 14.0. The highest BCUT2D eigenvalue weighted by Crippen LogP contribution is 2.38. The molecule has 0 heterocycles. The molecule has 0 bridgehead atoms. The van der Waals surface area contributed by atoms with Crippen LogP contribution in [-0.4, -0.2) is 27.7 Å². The highest BCUT2D eigenvalue weighted by atomic mass is 32.2. The minimum atomic E-state index is -3.78. The number of aryl methyl sites for hydroxylation is 1. The van der Waals surface area contributed by atoms with Crippen molar-refractivity contribution >= 4 is 18.3 Å². The second kappa shape index (κ2) is 8.32. The predicted molar refractivity (Wildman–Crippen MR) is 106 cm³/mol. The van der Waals surface area contributed by atoms with Crippen molar-refractivity contribution in [2.24, 2.45) is 0 Å². The Bertz CT molecular complexity index is 751. The standard InChI is InChI=1S/C19H29NO3SSi/c1-8-9-10-11-16-20(23-25(6,7)19(3,4)5)24(21,22)18-14-12-17(2)13-15-18/h8,12-15H,1,9,16H2,2-7H3. The molecule has 1 aromatic rings. The summed E-state index contributed by atoms with van der Waals surface area (Å²) < 4.78 is 33.2. The molecule has 0 saturated heterocycles. The van der Waals surface area contributed by atoms with Gasteiger partial charge in [-0.05, 0) is 37.2 Å². The normalized spacial score (nSPS) is 12.6. The number of hydrogen-bond donors (Lipinski definition) is 0. The lowest BCUT2D eigenvalue weighted by atomic mass is 10.2. The summed E-state index contributed by atoms with van der Waals surface area (Å²) in [5.41, 5.74) is 1.00. The lowest BCUT2D eigenvalue weighted by Crippen LogP contribution is -2.48. The van der Waals surface area contributed by atoms with Crippen LogP contribution in [0.4, 0.5) is 0 Å². The van der Waals surface area contributed by atoms with Gasteiger partial charge in [0.15, 0.2) is 0 Å². The second-order valence-electron chi connectivity index (χ2n) is 7.48. The SMILES string of the molecule is C=CCC#CCN(O[Si](C)(C)C(C)(C)C)S(=O)(=O)c1ccc(C)cc1. The summed E-state index contributed by atoms with van der Waals surface area (Å²) in [6.07, 6.45) is 2.19. The number of hydroxylamine groups is 1. The molecule has 0 fully saturated rings. The molecule has 4 nitrogen and oxygen atoms in total. The van der Waals surface area contributed by atoms with Gasteiger partial charge in [0.05, 0.1) is 4.90 Å². The van der Waals surface area contributed by atoms with E-state index in [0.717, 1.165) is 10.0 Å². The first kappa shape index (κ1) is 21.6. The molecule has 0 saturated carbocycles. The van der Waals surface area contributed by atoms with Crippen LogP contribution in [0.15, 0.2) is 41.8 Å². The van der Waals surface area contributed by atoms with E-state index in [2.05, 4.69) is 39.2 Å². The molecule has 0 atom stereocenters. The van der Waals surface area contributed by atoms with Gasteiger partial charge in [0.25, 0.3) is 10.0 Å². The topological polar surface area (TPSA) is 46.6 Å². The van der Waals surface area contributed by atoms with E-state index >= 15 is 0 Å². The van der Waals surface area contributed by atoms with Crippen molar-refractivity contribution in [1.29, 1.82) is 0 Å². The van der Waals surface area contributed by atoms with Crippen LogP contribution in [0.3, 0.4) is 0 Å². The maximum absolute atomic E-state index is 13.0. The summed E-state index contributed by atoms with van der Waals surface area (Å²) in [5.74, 6) is 5.75. The van der Waals surface area contributed by atoms with Gasteiger partial charge in [-0.2, -0.15) is 0 Å². The Kier molecular flexibility index (Phi) is 7.21. The van der Waals surface area contributed by atoms with E-state index in [9.17, 15) is 8.42 Å². The van der Waals surface area contributed by atoms with Gasteiger partial charge in [-0.25, -0.2) is 8.42 Å². The minimum Gasteiger partial charge on any atom is -0.328 e. The maximum atomic E-state index is 13.0. The zero-order valence-corrected chi connectivity index (χ0v) is 17.9. The molecule has 0 aromatic heterocycles. The summed E-state index contributed by atoms with van der Waals surface area (Å²) in [7, 11) is -6.11. The van der Waals surface area contributed by atoms with Crippen molar-refractivity contribution in [2.75, 3.05) is 6.54 Å². The summed E-state index contributed by atoms with van der Waals surface area (Å²) in [5, 5.41) is -0.122. The third-order valence-electron chi connectivity index (χ3n) is 4.30. The van der Waals surface area contributed by atoms with E-state index in [1.54, 1.807) is 30.3 Å². The number of hydrogen-bond acceptors (Lipinski definition) is 3. The van der Waals surface area contributed by atoms with Gasteiger partial charge in [0.1, 0.15) is 6.54 Å². The van der Waals surface area contributed by atoms with Crippen molar-refractivity contribution in [2.45, 2.75) is 57.1 Å².